The molecule has 0 saturated carbocycles. The fraction of sp³-hybridized carbons (Fsp3) is 0.286. The molecule has 0 fully saturated rings. The van der Waals surface area contributed by atoms with Crippen LogP contribution in [-0.4, -0.2) is 40.2 Å². The summed E-state index contributed by atoms with van der Waals surface area (Å²) in [6.07, 6.45) is -0.00197. The van der Waals surface area contributed by atoms with Gasteiger partial charge in [-0.15, -0.1) is 0 Å². The lowest BCUT2D eigenvalue weighted by Gasteiger charge is -2.30. The highest BCUT2D eigenvalue weighted by Crippen LogP contribution is 2.23. The lowest BCUT2D eigenvalue weighted by Crippen LogP contribution is -2.42. The van der Waals surface area contributed by atoms with Crippen LogP contribution in [0.25, 0.3) is 11.1 Å². The van der Waals surface area contributed by atoms with Gasteiger partial charge in [-0.3, -0.25) is 9.59 Å². The molecule has 2 aromatic carbocycles. The van der Waals surface area contributed by atoms with E-state index in [1.165, 1.54) is 5.56 Å². The first kappa shape index (κ1) is 18.6. The molecule has 1 aliphatic rings. The van der Waals surface area contributed by atoms with Gasteiger partial charge in [0.05, 0.1) is 0 Å². The minimum absolute atomic E-state index is 0.0350. The van der Waals surface area contributed by atoms with Gasteiger partial charge in [-0.05, 0) is 36.6 Å². The van der Waals surface area contributed by atoms with Crippen LogP contribution in [0.1, 0.15) is 18.1 Å². The van der Waals surface area contributed by atoms with E-state index < -0.39 is 12.1 Å². The van der Waals surface area contributed by atoms with Gasteiger partial charge in [0.25, 0.3) is 11.1 Å². The van der Waals surface area contributed by atoms with E-state index in [0.717, 1.165) is 29.3 Å². The van der Waals surface area contributed by atoms with E-state index in [-0.39, 0.29) is 11.7 Å². The lowest BCUT2D eigenvalue weighted by molar-refractivity contribution is -0.157. The second-order valence-electron chi connectivity index (χ2n) is 6.65. The number of hydrogen-bond donors (Lipinski definition) is 0. The number of benzene rings is 2. The summed E-state index contributed by atoms with van der Waals surface area (Å²) in [5.41, 5.74) is 3.83. The molecule has 2 heterocycles. The predicted molar refractivity (Wildman–Crippen MR) is 106 cm³/mol. The van der Waals surface area contributed by atoms with Gasteiger partial charge in [-0.25, -0.2) is 4.98 Å². The molecular weight excluding hydrogens is 376 g/mol. The highest BCUT2D eigenvalue weighted by atomic mass is 32.2. The lowest BCUT2D eigenvalue weighted by atomic mass is 9.99. The van der Waals surface area contributed by atoms with Crippen LogP contribution in [0, 0.1) is 0 Å². The normalized spacial score (nSPS) is 14.5. The second-order valence-corrected chi connectivity index (χ2v) is 7.57. The van der Waals surface area contributed by atoms with Crippen molar-refractivity contribution < 1.29 is 18.7 Å². The van der Waals surface area contributed by atoms with E-state index in [0.29, 0.717) is 23.9 Å². The average molecular weight is 396 g/mol. The van der Waals surface area contributed by atoms with Crippen molar-refractivity contribution in [3.63, 3.8) is 0 Å². The summed E-state index contributed by atoms with van der Waals surface area (Å²) < 4.78 is 10.9. The number of ether oxygens (including phenoxy) is 1. The molecular formula is C21H20N2O4S. The molecule has 1 aromatic heterocycles. The Morgan fingerprint density at radius 2 is 1.93 bits per heavy atom. The first-order chi connectivity index (χ1) is 13.6. The number of aromatic nitrogens is 1. The summed E-state index contributed by atoms with van der Waals surface area (Å²) in [7, 11) is 0. The largest absolute Gasteiger partial charge is 0.452 e. The third kappa shape index (κ3) is 4.04. The monoisotopic (exact) mass is 396 g/mol. The molecule has 0 spiro atoms. The molecule has 7 heteroatoms. The summed E-state index contributed by atoms with van der Waals surface area (Å²) in [6.45, 7) is 2.80. The molecule has 0 N–H and O–H groups in total. The highest BCUT2D eigenvalue weighted by Gasteiger charge is 2.27. The Bertz CT molecular complexity index is 983. The zero-order valence-corrected chi connectivity index (χ0v) is 16.3. The number of thioether (sulfide) groups is 1. The Labute approximate surface area is 166 Å². The number of oxazole rings is 1. The van der Waals surface area contributed by atoms with Crippen LogP contribution >= 0.6 is 11.8 Å². The number of carbonyl (C=O) groups excluding carboxylic acids is 2. The number of rotatable bonds is 5. The summed E-state index contributed by atoms with van der Waals surface area (Å²) in [5, 5.41) is 0.407. The molecule has 1 atom stereocenters. The molecule has 0 aliphatic carbocycles. The minimum atomic E-state index is -0.818. The maximum absolute atomic E-state index is 12.6. The fourth-order valence-corrected chi connectivity index (χ4v) is 3.88. The number of carbonyl (C=O) groups is 2. The average Bonchev–Trinajstić information content (AvgIpc) is 3.14. The zero-order chi connectivity index (χ0) is 19.5. The van der Waals surface area contributed by atoms with Crippen molar-refractivity contribution in [3.05, 3.63) is 59.7 Å². The van der Waals surface area contributed by atoms with Crippen LogP contribution in [0.3, 0.4) is 0 Å². The Hall–Kier alpha value is -2.80. The van der Waals surface area contributed by atoms with Crippen molar-refractivity contribution in [1.29, 1.82) is 0 Å². The van der Waals surface area contributed by atoms with Gasteiger partial charge >= 0.3 is 5.97 Å². The first-order valence-corrected chi connectivity index (χ1v) is 10.1. The number of nitrogens with zero attached hydrogens (tertiary/aromatic N) is 2. The summed E-state index contributed by atoms with van der Waals surface area (Å²) >= 11 is 1.16. The first-order valence-electron chi connectivity index (χ1n) is 9.13. The Morgan fingerprint density at radius 1 is 1.18 bits per heavy atom. The Morgan fingerprint density at radius 3 is 2.75 bits per heavy atom. The maximum atomic E-state index is 12.6. The third-order valence-electron chi connectivity index (χ3n) is 4.69. The van der Waals surface area contributed by atoms with Gasteiger partial charge < -0.3 is 14.1 Å². The molecule has 1 unspecified atom stereocenters. The number of fused-ring (bicyclic) bond motifs is 2. The molecule has 28 heavy (non-hydrogen) atoms. The molecule has 1 amide bonds. The topological polar surface area (TPSA) is 72.6 Å². The van der Waals surface area contributed by atoms with Gasteiger partial charge in [0.2, 0.25) is 0 Å². The minimum Gasteiger partial charge on any atom is -0.452 e. The SMILES string of the molecule is CC(OC(=O)CSc1nc2ccccc2o1)C(=O)N1CCc2ccccc2C1. The number of esters is 1. The molecule has 0 bridgehead atoms. The van der Waals surface area contributed by atoms with Crippen LogP contribution in [-0.2, 0) is 27.3 Å². The Balaban J connectivity index is 1.29. The Kier molecular flexibility index (Phi) is 5.34. The van der Waals surface area contributed by atoms with E-state index in [9.17, 15) is 9.59 Å². The number of amides is 1. The predicted octanol–water partition coefficient (Wildman–Crippen LogP) is 3.44. The van der Waals surface area contributed by atoms with Crippen molar-refractivity contribution >= 4 is 34.7 Å². The van der Waals surface area contributed by atoms with E-state index in [1.54, 1.807) is 11.8 Å². The van der Waals surface area contributed by atoms with Crippen molar-refractivity contribution in [2.24, 2.45) is 0 Å². The van der Waals surface area contributed by atoms with Crippen LogP contribution in [0.4, 0.5) is 0 Å². The van der Waals surface area contributed by atoms with Crippen molar-refractivity contribution in [2.45, 2.75) is 31.2 Å². The van der Waals surface area contributed by atoms with Gasteiger partial charge in [0.15, 0.2) is 11.7 Å². The van der Waals surface area contributed by atoms with Gasteiger partial charge in [0, 0.05) is 13.1 Å². The van der Waals surface area contributed by atoms with Crippen LogP contribution in [0.2, 0.25) is 0 Å². The van der Waals surface area contributed by atoms with Gasteiger partial charge in [0.1, 0.15) is 11.3 Å². The molecule has 0 radical (unpaired) electrons. The quantitative estimate of drug-likeness (QED) is 0.486. The molecule has 144 valence electrons. The van der Waals surface area contributed by atoms with Crippen LogP contribution in [0.5, 0.6) is 0 Å². The fourth-order valence-electron chi connectivity index (χ4n) is 3.26. The van der Waals surface area contributed by atoms with Crippen LogP contribution in [0.15, 0.2) is 58.2 Å². The van der Waals surface area contributed by atoms with E-state index in [4.69, 9.17) is 9.15 Å². The van der Waals surface area contributed by atoms with Gasteiger partial charge in [-0.2, -0.15) is 0 Å². The number of hydrogen-bond acceptors (Lipinski definition) is 6. The van der Waals surface area contributed by atoms with Gasteiger partial charge in [-0.1, -0.05) is 48.2 Å². The second kappa shape index (κ2) is 8.06. The van der Waals surface area contributed by atoms with Crippen molar-refractivity contribution in [3.8, 4) is 0 Å². The van der Waals surface area contributed by atoms with Crippen molar-refractivity contribution in [1.82, 2.24) is 9.88 Å². The zero-order valence-electron chi connectivity index (χ0n) is 15.5. The summed E-state index contributed by atoms with van der Waals surface area (Å²) in [6, 6.07) is 15.5. The standard InChI is InChI=1S/C21H20N2O4S/c1-14(20(25)23-11-10-15-6-2-3-7-16(15)12-23)26-19(24)13-28-21-22-17-8-4-5-9-18(17)27-21/h2-9,14H,10-13H2,1H3. The third-order valence-corrected chi connectivity index (χ3v) is 5.49. The van der Waals surface area contributed by atoms with E-state index in [1.807, 2.05) is 42.5 Å². The summed E-state index contributed by atoms with van der Waals surface area (Å²) in [5.74, 6) is -0.604. The summed E-state index contributed by atoms with van der Waals surface area (Å²) in [4.78, 5) is 30.8. The molecule has 6 nitrogen and oxygen atoms in total. The molecule has 1 aliphatic heterocycles. The molecule has 4 rings (SSSR count). The maximum Gasteiger partial charge on any atom is 0.317 e. The number of para-hydroxylation sites is 2. The smallest absolute Gasteiger partial charge is 0.317 e. The molecule has 3 aromatic rings. The highest BCUT2D eigenvalue weighted by molar-refractivity contribution is 7.99. The van der Waals surface area contributed by atoms with E-state index in [2.05, 4.69) is 11.1 Å². The molecule has 0 saturated heterocycles. The van der Waals surface area contributed by atoms with E-state index >= 15 is 0 Å². The van der Waals surface area contributed by atoms with Crippen molar-refractivity contribution in [2.75, 3.05) is 12.3 Å². The van der Waals surface area contributed by atoms with Crippen LogP contribution < -0.4 is 0 Å².